The highest BCUT2D eigenvalue weighted by molar-refractivity contribution is 5.20. The van der Waals surface area contributed by atoms with E-state index in [-0.39, 0.29) is 17.5 Å². The van der Waals surface area contributed by atoms with Gasteiger partial charge in [-0.2, -0.15) is 0 Å². The molecule has 3 nitrogen and oxygen atoms in total. The number of aliphatic hydroxyl groups excluding tert-OH is 1. The minimum atomic E-state index is -0.837. The molecule has 1 fully saturated rings. The predicted octanol–water partition coefficient (Wildman–Crippen LogP) is 2.02. The molecule has 1 heterocycles. The molecule has 1 aromatic rings. The van der Waals surface area contributed by atoms with Gasteiger partial charge in [-0.3, -0.25) is 0 Å². The summed E-state index contributed by atoms with van der Waals surface area (Å²) in [5.74, 6) is -0.368. The van der Waals surface area contributed by atoms with Gasteiger partial charge in [0, 0.05) is 24.3 Å². The maximum atomic E-state index is 13.5. The lowest BCUT2D eigenvalue weighted by atomic mass is 9.94. The normalized spacial score (nSPS) is 29.4. The predicted molar refractivity (Wildman–Crippen MR) is 67.8 cm³/mol. The quantitative estimate of drug-likeness (QED) is 0.862. The maximum Gasteiger partial charge on any atom is 0.129 e. The highest BCUT2D eigenvalue weighted by Gasteiger charge is 2.36. The van der Waals surface area contributed by atoms with E-state index in [1.54, 1.807) is 18.2 Å². The van der Waals surface area contributed by atoms with Crippen molar-refractivity contribution >= 4 is 0 Å². The molecule has 0 spiro atoms. The summed E-state index contributed by atoms with van der Waals surface area (Å²) in [5.41, 5.74) is 0.187. The largest absolute Gasteiger partial charge is 0.387 e. The van der Waals surface area contributed by atoms with E-state index in [0.29, 0.717) is 12.1 Å². The van der Waals surface area contributed by atoms with E-state index in [1.165, 1.54) is 6.07 Å². The van der Waals surface area contributed by atoms with E-state index in [4.69, 9.17) is 4.74 Å². The Morgan fingerprint density at radius 1 is 1.56 bits per heavy atom. The summed E-state index contributed by atoms with van der Waals surface area (Å²) in [6.07, 6.45) is 0.166. The first kappa shape index (κ1) is 13.5. The number of β-amino-alcohol motifs (C(OH)–C–C–N with tert-alkyl or cyclic N) is 1. The lowest BCUT2D eigenvalue weighted by molar-refractivity contribution is 0.0796. The van der Waals surface area contributed by atoms with Crippen LogP contribution in [0, 0.1) is 5.82 Å². The molecular formula is C14H20FNO2. The number of benzene rings is 1. The fourth-order valence-electron chi connectivity index (χ4n) is 2.25. The summed E-state index contributed by atoms with van der Waals surface area (Å²) in [7, 11) is 0. The molecule has 1 aromatic carbocycles. The monoisotopic (exact) mass is 253 g/mol. The second-order valence-electron chi connectivity index (χ2n) is 5.10. The molecule has 0 aliphatic carbocycles. The third-order valence-corrected chi connectivity index (χ3v) is 3.85. The van der Waals surface area contributed by atoms with Gasteiger partial charge in [0.2, 0.25) is 0 Å². The van der Waals surface area contributed by atoms with Gasteiger partial charge in [-0.1, -0.05) is 18.2 Å². The van der Waals surface area contributed by atoms with Gasteiger partial charge in [-0.15, -0.1) is 0 Å². The minimum absolute atomic E-state index is 0.102. The van der Waals surface area contributed by atoms with E-state index in [1.807, 2.05) is 6.92 Å². The van der Waals surface area contributed by atoms with Crippen molar-refractivity contribution in [2.24, 2.45) is 0 Å². The molecule has 0 aromatic heterocycles. The summed E-state index contributed by atoms with van der Waals surface area (Å²) in [6.45, 7) is 5.12. The molecule has 0 radical (unpaired) electrons. The number of halogens is 1. The first-order valence-corrected chi connectivity index (χ1v) is 6.32. The van der Waals surface area contributed by atoms with Crippen LogP contribution in [0.25, 0.3) is 0 Å². The van der Waals surface area contributed by atoms with Crippen LogP contribution in [0.5, 0.6) is 0 Å². The highest BCUT2D eigenvalue weighted by atomic mass is 19.1. The standard InChI is InChI=1S/C14H20FNO2/c1-10-14(2,7-8-18-10)16-9-13(17)11-5-3-4-6-12(11)15/h3-6,10,13,16-17H,7-9H2,1-2H3. The molecule has 18 heavy (non-hydrogen) atoms. The van der Waals surface area contributed by atoms with Crippen molar-refractivity contribution in [1.82, 2.24) is 5.32 Å². The number of aliphatic hydroxyl groups is 1. The van der Waals surface area contributed by atoms with Crippen molar-refractivity contribution in [3.05, 3.63) is 35.6 Å². The van der Waals surface area contributed by atoms with Gasteiger partial charge in [-0.25, -0.2) is 4.39 Å². The van der Waals surface area contributed by atoms with Crippen LogP contribution in [0.15, 0.2) is 24.3 Å². The Bertz CT molecular complexity index is 413. The number of hydrogen-bond acceptors (Lipinski definition) is 3. The van der Waals surface area contributed by atoms with E-state index >= 15 is 0 Å². The number of rotatable bonds is 4. The Kier molecular flexibility index (Phi) is 4.00. The molecule has 100 valence electrons. The molecule has 0 amide bonds. The van der Waals surface area contributed by atoms with Crippen molar-refractivity contribution in [2.45, 2.75) is 38.0 Å². The van der Waals surface area contributed by atoms with Gasteiger partial charge in [-0.05, 0) is 26.3 Å². The van der Waals surface area contributed by atoms with Gasteiger partial charge in [0.1, 0.15) is 5.82 Å². The van der Waals surface area contributed by atoms with Crippen molar-refractivity contribution in [3.63, 3.8) is 0 Å². The van der Waals surface area contributed by atoms with Crippen LogP contribution in [-0.2, 0) is 4.74 Å². The zero-order valence-corrected chi connectivity index (χ0v) is 10.8. The number of nitrogens with one attached hydrogen (secondary N) is 1. The summed E-state index contributed by atoms with van der Waals surface area (Å²) in [4.78, 5) is 0. The van der Waals surface area contributed by atoms with E-state index in [2.05, 4.69) is 12.2 Å². The van der Waals surface area contributed by atoms with Gasteiger partial charge in [0.15, 0.2) is 0 Å². The Balaban J connectivity index is 1.96. The van der Waals surface area contributed by atoms with E-state index in [0.717, 1.165) is 13.0 Å². The molecule has 2 N–H and O–H groups in total. The second-order valence-corrected chi connectivity index (χ2v) is 5.10. The third kappa shape index (κ3) is 2.71. The lowest BCUT2D eigenvalue weighted by Gasteiger charge is -2.30. The zero-order valence-electron chi connectivity index (χ0n) is 10.8. The van der Waals surface area contributed by atoms with E-state index < -0.39 is 6.10 Å². The van der Waals surface area contributed by atoms with Crippen molar-refractivity contribution in [2.75, 3.05) is 13.2 Å². The fraction of sp³-hybridized carbons (Fsp3) is 0.571. The maximum absolute atomic E-state index is 13.5. The average molecular weight is 253 g/mol. The van der Waals surface area contributed by atoms with Crippen LogP contribution in [0.1, 0.15) is 31.9 Å². The average Bonchev–Trinajstić information content (AvgIpc) is 2.68. The summed E-state index contributed by atoms with van der Waals surface area (Å²) in [6, 6.07) is 6.32. The molecule has 3 atom stereocenters. The van der Waals surface area contributed by atoms with Crippen molar-refractivity contribution in [1.29, 1.82) is 0 Å². The minimum Gasteiger partial charge on any atom is -0.387 e. The van der Waals surface area contributed by atoms with Crippen molar-refractivity contribution < 1.29 is 14.2 Å². The summed E-state index contributed by atoms with van der Waals surface area (Å²) in [5, 5.41) is 13.3. The van der Waals surface area contributed by atoms with Crippen LogP contribution < -0.4 is 5.32 Å². The van der Waals surface area contributed by atoms with Crippen LogP contribution in [0.3, 0.4) is 0 Å². The lowest BCUT2D eigenvalue weighted by Crippen LogP contribution is -2.49. The SMILES string of the molecule is CC1OCCC1(C)NCC(O)c1ccccc1F. The number of ether oxygens (including phenoxy) is 1. The van der Waals surface area contributed by atoms with Crippen molar-refractivity contribution in [3.8, 4) is 0 Å². The van der Waals surface area contributed by atoms with Gasteiger partial charge < -0.3 is 15.2 Å². The van der Waals surface area contributed by atoms with E-state index in [9.17, 15) is 9.50 Å². The molecule has 2 rings (SSSR count). The first-order chi connectivity index (χ1) is 8.53. The highest BCUT2D eigenvalue weighted by Crippen LogP contribution is 2.26. The molecule has 1 saturated heterocycles. The topological polar surface area (TPSA) is 41.5 Å². The van der Waals surface area contributed by atoms with Crippen LogP contribution in [0.2, 0.25) is 0 Å². The molecule has 1 aliphatic heterocycles. The zero-order chi connectivity index (χ0) is 13.2. The number of hydrogen-bond donors (Lipinski definition) is 2. The molecule has 1 aliphatic rings. The fourth-order valence-corrected chi connectivity index (χ4v) is 2.25. The molecular weight excluding hydrogens is 233 g/mol. The molecule has 0 bridgehead atoms. The third-order valence-electron chi connectivity index (χ3n) is 3.85. The Morgan fingerprint density at radius 2 is 2.28 bits per heavy atom. The smallest absolute Gasteiger partial charge is 0.129 e. The van der Waals surface area contributed by atoms with Gasteiger partial charge in [0.05, 0.1) is 12.2 Å². The first-order valence-electron chi connectivity index (χ1n) is 6.32. The molecule has 4 heteroatoms. The second kappa shape index (κ2) is 5.34. The Hall–Kier alpha value is -0.970. The van der Waals surface area contributed by atoms with Crippen LogP contribution in [-0.4, -0.2) is 29.9 Å². The van der Waals surface area contributed by atoms with Crippen LogP contribution >= 0.6 is 0 Å². The Labute approximate surface area is 107 Å². The molecule has 3 unspecified atom stereocenters. The van der Waals surface area contributed by atoms with Gasteiger partial charge >= 0.3 is 0 Å². The Morgan fingerprint density at radius 3 is 2.89 bits per heavy atom. The summed E-state index contributed by atoms with van der Waals surface area (Å²) < 4.78 is 19.0. The molecule has 0 saturated carbocycles. The summed E-state index contributed by atoms with van der Waals surface area (Å²) >= 11 is 0. The van der Waals surface area contributed by atoms with Crippen LogP contribution in [0.4, 0.5) is 4.39 Å². The van der Waals surface area contributed by atoms with Gasteiger partial charge in [0.25, 0.3) is 0 Å².